The minimum absolute atomic E-state index is 0.0608. The monoisotopic (exact) mass is 155 g/mol. The summed E-state index contributed by atoms with van der Waals surface area (Å²) in [5, 5.41) is 9.48. The molecule has 1 N–H and O–H groups in total. The van der Waals surface area contributed by atoms with Crippen LogP contribution in [0, 0.1) is 0 Å². The van der Waals surface area contributed by atoms with E-state index in [1.54, 1.807) is 0 Å². The highest BCUT2D eigenvalue weighted by Gasteiger charge is 2.58. The molecular weight excluding hydrogens is 142 g/mol. The van der Waals surface area contributed by atoms with Crippen molar-refractivity contribution in [2.45, 2.75) is 37.3 Å². The lowest BCUT2D eigenvalue weighted by molar-refractivity contribution is -0.183. The predicted molar refractivity (Wildman–Crippen MR) is 40.0 cm³/mol. The molecular formula is C8H13NO2. The van der Waals surface area contributed by atoms with Crippen molar-refractivity contribution in [3.8, 4) is 0 Å². The molecule has 2 aliphatic rings. The van der Waals surface area contributed by atoms with Gasteiger partial charge in [0.15, 0.2) is 0 Å². The lowest BCUT2D eigenvalue weighted by Crippen LogP contribution is -2.70. The summed E-state index contributed by atoms with van der Waals surface area (Å²) in [6.45, 7) is 2.71. The highest BCUT2D eigenvalue weighted by Crippen LogP contribution is 2.51. The molecule has 1 aliphatic heterocycles. The van der Waals surface area contributed by atoms with Gasteiger partial charge in [0.2, 0.25) is 6.41 Å². The number of nitrogens with zero attached hydrogens (tertiary/aromatic N) is 1. The van der Waals surface area contributed by atoms with Gasteiger partial charge in [-0.05, 0) is 26.2 Å². The molecule has 0 bridgehead atoms. The largest absolute Gasteiger partial charge is 0.390 e. The summed E-state index contributed by atoms with van der Waals surface area (Å²) in [5.74, 6) is 0. The zero-order chi connectivity index (χ0) is 8.11. The number of aliphatic hydroxyl groups is 1. The Hall–Kier alpha value is -0.570. The van der Waals surface area contributed by atoms with Crippen molar-refractivity contribution in [1.82, 2.24) is 4.90 Å². The molecule has 1 saturated carbocycles. The second kappa shape index (κ2) is 1.78. The van der Waals surface area contributed by atoms with Crippen LogP contribution in [0.1, 0.15) is 26.2 Å². The van der Waals surface area contributed by atoms with E-state index >= 15 is 0 Å². The molecule has 0 radical (unpaired) electrons. The van der Waals surface area contributed by atoms with Gasteiger partial charge in [0.1, 0.15) is 0 Å². The van der Waals surface area contributed by atoms with E-state index < -0.39 is 5.60 Å². The fourth-order valence-electron chi connectivity index (χ4n) is 2.47. The summed E-state index contributed by atoms with van der Waals surface area (Å²) >= 11 is 0. The zero-order valence-corrected chi connectivity index (χ0v) is 6.71. The number of carbonyl (C=O) groups is 1. The summed E-state index contributed by atoms with van der Waals surface area (Å²) in [5.41, 5.74) is -0.451. The molecule has 3 heteroatoms. The fourth-order valence-corrected chi connectivity index (χ4v) is 2.47. The maximum Gasteiger partial charge on any atom is 0.210 e. The standard InChI is InChI=1S/C8H13NO2/c1-7(11)4-8(5-7)2-3-9(8)6-10/h6,11H,2-5H2,1H3. The first-order valence-corrected chi connectivity index (χ1v) is 4.03. The smallest absolute Gasteiger partial charge is 0.210 e. The Morgan fingerprint density at radius 1 is 1.55 bits per heavy atom. The lowest BCUT2D eigenvalue weighted by Gasteiger charge is -2.62. The molecule has 1 aliphatic carbocycles. The predicted octanol–water partition coefficient (Wildman–Crippen LogP) is 0.132. The lowest BCUT2D eigenvalue weighted by atomic mass is 9.60. The van der Waals surface area contributed by atoms with Gasteiger partial charge in [-0.2, -0.15) is 0 Å². The SMILES string of the molecule is CC1(O)CC2(CCN2C=O)C1. The van der Waals surface area contributed by atoms with Gasteiger partial charge in [0.05, 0.1) is 5.60 Å². The van der Waals surface area contributed by atoms with Crippen LogP contribution >= 0.6 is 0 Å². The summed E-state index contributed by atoms with van der Waals surface area (Å²) < 4.78 is 0. The van der Waals surface area contributed by atoms with Gasteiger partial charge in [-0.1, -0.05) is 0 Å². The van der Waals surface area contributed by atoms with Gasteiger partial charge >= 0.3 is 0 Å². The van der Waals surface area contributed by atoms with Gasteiger partial charge in [0, 0.05) is 12.1 Å². The molecule has 1 spiro atoms. The third kappa shape index (κ3) is 0.805. The van der Waals surface area contributed by atoms with Crippen molar-refractivity contribution in [2.75, 3.05) is 6.54 Å². The average molecular weight is 155 g/mol. The van der Waals surface area contributed by atoms with E-state index in [2.05, 4.69) is 0 Å². The summed E-state index contributed by atoms with van der Waals surface area (Å²) in [4.78, 5) is 12.3. The molecule has 1 heterocycles. The Balaban J connectivity index is 2.02. The van der Waals surface area contributed by atoms with Crippen LogP contribution in [0.4, 0.5) is 0 Å². The highest BCUT2D eigenvalue weighted by atomic mass is 16.3. The second-order valence-electron chi connectivity index (χ2n) is 4.12. The van der Waals surface area contributed by atoms with E-state index in [0.29, 0.717) is 0 Å². The Morgan fingerprint density at radius 2 is 2.18 bits per heavy atom. The van der Waals surface area contributed by atoms with E-state index in [9.17, 15) is 9.90 Å². The van der Waals surface area contributed by atoms with Gasteiger partial charge in [-0.3, -0.25) is 4.79 Å². The van der Waals surface area contributed by atoms with Crippen molar-refractivity contribution in [2.24, 2.45) is 0 Å². The van der Waals surface area contributed by atoms with Crippen LogP contribution in [-0.4, -0.2) is 34.1 Å². The minimum atomic E-state index is -0.512. The van der Waals surface area contributed by atoms with Crippen molar-refractivity contribution in [3.63, 3.8) is 0 Å². The van der Waals surface area contributed by atoms with Gasteiger partial charge in [-0.15, -0.1) is 0 Å². The average Bonchev–Trinajstić information content (AvgIpc) is 1.81. The molecule has 3 nitrogen and oxygen atoms in total. The molecule has 0 aromatic carbocycles. The molecule has 62 valence electrons. The van der Waals surface area contributed by atoms with Gasteiger partial charge in [-0.25, -0.2) is 0 Å². The van der Waals surface area contributed by atoms with Crippen LogP contribution in [0.3, 0.4) is 0 Å². The van der Waals surface area contributed by atoms with E-state index in [0.717, 1.165) is 32.2 Å². The van der Waals surface area contributed by atoms with Crippen LogP contribution in [0.5, 0.6) is 0 Å². The number of amides is 1. The molecule has 0 atom stereocenters. The van der Waals surface area contributed by atoms with E-state index in [1.165, 1.54) is 0 Å². The maximum atomic E-state index is 10.5. The van der Waals surface area contributed by atoms with Crippen LogP contribution in [0.15, 0.2) is 0 Å². The van der Waals surface area contributed by atoms with Gasteiger partial charge in [0.25, 0.3) is 0 Å². The quantitative estimate of drug-likeness (QED) is 0.547. The van der Waals surface area contributed by atoms with Crippen molar-refractivity contribution < 1.29 is 9.90 Å². The maximum absolute atomic E-state index is 10.5. The normalized spacial score (nSPS) is 48.4. The highest BCUT2D eigenvalue weighted by molar-refractivity contribution is 5.52. The van der Waals surface area contributed by atoms with Crippen molar-refractivity contribution in [1.29, 1.82) is 0 Å². The Labute approximate surface area is 66.0 Å². The van der Waals surface area contributed by atoms with Crippen LogP contribution in [-0.2, 0) is 4.79 Å². The number of hydrogen-bond donors (Lipinski definition) is 1. The van der Waals surface area contributed by atoms with E-state index in [4.69, 9.17) is 0 Å². The van der Waals surface area contributed by atoms with Crippen molar-refractivity contribution in [3.05, 3.63) is 0 Å². The Morgan fingerprint density at radius 3 is 2.45 bits per heavy atom. The van der Waals surface area contributed by atoms with E-state index in [1.807, 2.05) is 11.8 Å². The topological polar surface area (TPSA) is 40.5 Å². The summed E-state index contributed by atoms with van der Waals surface area (Å²) in [6, 6.07) is 0. The van der Waals surface area contributed by atoms with Crippen molar-refractivity contribution >= 4 is 6.41 Å². The molecule has 1 amide bonds. The molecule has 1 saturated heterocycles. The summed E-state index contributed by atoms with van der Waals surface area (Å²) in [6.07, 6.45) is 3.50. The summed E-state index contributed by atoms with van der Waals surface area (Å²) in [7, 11) is 0. The van der Waals surface area contributed by atoms with Crippen LogP contribution in [0.2, 0.25) is 0 Å². The number of likely N-dealkylation sites (tertiary alicyclic amines) is 1. The fraction of sp³-hybridized carbons (Fsp3) is 0.875. The number of rotatable bonds is 1. The second-order valence-corrected chi connectivity index (χ2v) is 4.12. The third-order valence-electron chi connectivity index (χ3n) is 2.97. The first-order chi connectivity index (χ1) is 5.08. The number of carbonyl (C=O) groups excluding carboxylic acids is 1. The van der Waals surface area contributed by atoms with Crippen LogP contribution in [0.25, 0.3) is 0 Å². The van der Waals surface area contributed by atoms with Gasteiger partial charge < -0.3 is 10.0 Å². The molecule has 0 aromatic rings. The molecule has 11 heavy (non-hydrogen) atoms. The first-order valence-electron chi connectivity index (χ1n) is 4.03. The first kappa shape index (κ1) is 7.10. The number of hydrogen-bond acceptors (Lipinski definition) is 2. The Kier molecular flexibility index (Phi) is 1.15. The minimum Gasteiger partial charge on any atom is -0.390 e. The zero-order valence-electron chi connectivity index (χ0n) is 6.71. The Bertz CT molecular complexity index is 192. The molecule has 2 rings (SSSR count). The van der Waals surface area contributed by atoms with Crippen LogP contribution < -0.4 is 0 Å². The third-order valence-corrected chi connectivity index (χ3v) is 2.97. The molecule has 0 unspecified atom stereocenters. The van der Waals surface area contributed by atoms with E-state index in [-0.39, 0.29) is 5.54 Å². The molecule has 0 aromatic heterocycles. The molecule has 2 fully saturated rings.